The Bertz CT molecular complexity index is 492. The van der Waals surface area contributed by atoms with E-state index in [2.05, 4.69) is 28.8 Å². The van der Waals surface area contributed by atoms with Gasteiger partial charge in [-0.05, 0) is 17.5 Å². The minimum atomic E-state index is 0.913. The van der Waals surface area contributed by atoms with E-state index in [4.69, 9.17) is 4.74 Å². The van der Waals surface area contributed by atoms with Crippen LogP contribution >= 0.6 is 11.3 Å². The van der Waals surface area contributed by atoms with Gasteiger partial charge in [-0.2, -0.15) is 0 Å². The molecule has 2 aromatic rings. The van der Waals surface area contributed by atoms with E-state index in [0.717, 1.165) is 23.7 Å². The van der Waals surface area contributed by atoms with Gasteiger partial charge in [0.25, 0.3) is 0 Å². The lowest BCUT2D eigenvalue weighted by Gasteiger charge is -2.17. The molecule has 3 heteroatoms. The summed E-state index contributed by atoms with van der Waals surface area (Å²) in [6.07, 6.45) is 0. The molecule has 1 aromatic heterocycles. The van der Waals surface area contributed by atoms with Crippen molar-refractivity contribution in [2.24, 2.45) is 0 Å². The standard InChI is InChI=1S/C12H11NOS/c1-13-6-9-7-15-8-12(9)14-11-5-3-2-4-10(11)13/h2-5,7-8H,6H2,1H3. The van der Waals surface area contributed by atoms with Crippen LogP contribution in [0, 0.1) is 0 Å². The molecule has 0 bridgehead atoms. The van der Waals surface area contributed by atoms with Crippen molar-refractivity contribution in [1.82, 2.24) is 0 Å². The second-order valence-corrected chi connectivity index (χ2v) is 4.43. The molecular formula is C12H11NOS. The second kappa shape index (κ2) is 3.28. The zero-order valence-corrected chi connectivity index (χ0v) is 9.25. The van der Waals surface area contributed by atoms with E-state index in [9.17, 15) is 0 Å². The number of fused-ring (bicyclic) bond motifs is 2. The van der Waals surface area contributed by atoms with E-state index in [1.165, 1.54) is 5.56 Å². The normalized spacial score (nSPS) is 13.8. The fourth-order valence-corrected chi connectivity index (χ4v) is 2.58. The van der Waals surface area contributed by atoms with Crippen molar-refractivity contribution in [3.05, 3.63) is 40.6 Å². The zero-order chi connectivity index (χ0) is 10.3. The molecule has 0 spiro atoms. The Morgan fingerprint density at radius 1 is 1.20 bits per heavy atom. The average Bonchev–Trinajstić information content (AvgIpc) is 2.61. The maximum atomic E-state index is 5.88. The molecule has 0 saturated carbocycles. The molecule has 1 aliphatic rings. The number of rotatable bonds is 0. The Morgan fingerprint density at radius 2 is 2.07 bits per heavy atom. The van der Waals surface area contributed by atoms with Gasteiger partial charge in [-0.3, -0.25) is 0 Å². The van der Waals surface area contributed by atoms with E-state index < -0.39 is 0 Å². The van der Waals surface area contributed by atoms with Crippen molar-refractivity contribution < 1.29 is 4.74 Å². The van der Waals surface area contributed by atoms with Crippen LogP contribution in [0.2, 0.25) is 0 Å². The SMILES string of the molecule is CN1Cc2cscc2Oc2ccccc21. The maximum Gasteiger partial charge on any atom is 0.150 e. The van der Waals surface area contributed by atoms with Crippen LogP contribution in [-0.2, 0) is 6.54 Å². The Kier molecular flexibility index (Phi) is 1.92. The van der Waals surface area contributed by atoms with Gasteiger partial charge in [-0.1, -0.05) is 12.1 Å². The third-order valence-electron chi connectivity index (χ3n) is 2.61. The number of hydrogen-bond donors (Lipinski definition) is 0. The first-order valence-electron chi connectivity index (χ1n) is 4.87. The summed E-state index contributed by atoms with van der Waals surface area (Å²) in [4.78, 5) is 2.22. The highest BCUT2D eigenvalue weighted by Gasteiger charge is 2.17. The minimum absolute atomic E-state index is 0.913. The quantitative estimate of drug-likeness (QED) is 0.669. The molecule has 2 heterocycles. The van der Waals surface area contributed by atoms with Gasteiger partial charge in [0.2, 0.25) is 0 Å². The van der Waals surface area contributed by atoms with Crippen molar-refractivity contribution in [1.29, 1.82) is 0 Å². The van der Waals surface area contributed by atoms with Crippen LogP contribution < -0.4 is 9.64 Å². The van der Waals surface area contributed by atoms with Crippen molar-refractivity contribution in [3.63, 3.8) is 0 Å². The van der Waals surface area contributed by atoms with Crippen LogP contribution in [0.3, 0.4) is 0 Å². The summed E-state index contributed by atoms with van der Waals surface area (Å²) in [5.74, 6) is 1.94. The largest absolute Gasteiger partial charge is 0.454 e. The molecule has 3 rings (SSSR count). The van der Waals surface area contributed by atoms with E-state index in [0.29, 0.717) is 0 Å². The van der Waals surface area contributed by atoms with Crippen molar-refractivity contribution >= 4 is 17.0 Å². The predicted octanol–water partition coefficient (Wildman–Crippen LogP) is 3.49. The third kappa shape index (κ3) is 1.39. The zero-order valence-electron chi connectivity index (χ0n) is 8.43. The number of nitrogens with zero attached hydrogens (tertiary/aromatic N) is 1. The van der Waals surface area contributed by atoms with Gasteiger partial charge in [0.05, 0.1) is 5.69 Å². The highest BCUT2D eigenvalue weighted by molar-refractivity contribution is 7.08. The number of anilines is 1. The Balaban J connectivity index is 2.14. The van der Waals surface area contributed by atoms with Crippen LogP contribution in [0.25, 0.3) is 0 Å². The monoisotopic (exact) mass is 217 g/mol. The smallest absolute Gasteiger partial charge is 0.150 e. The number of thiophene rings is 1. The fourth-order valence-electron chi connectivity index (χ4n) is 1.83. The summed E-state index contributed by atoms with van der Waals surface area (Å²) in [5.41, 5.74) is 2.41. The lowest BCUT2D eigenvalue weighted by Crippen LogP contribution is -2.14. The molecule has 0 saturated heterocycles. The molecule has 0 fully saturated rings. The Hall–Kier alpha value is -1.48. The molecule has 2 nitrogen and oxygen atoms in total. The van der Waals surface area contributed by atoms with Crippen molar-refractivity contribution in [2.45, 2.75) is 6.54 Å². The lowest BCUT2D eigenvalue weighted by atomic mass is 10.2. The summed E-state index contributed by atoms with van der Waals surface area (Å²) >= 11 is 1.69. The summed E-state index contributed by atoms with van der Waals surface area (Å²) < 4.78 is 5.88. The van der Waals surface area contributed by atoms with Crippen LogP contribution in [0.4, 0.5) is 5.69 Å². The molecule has 0 amide bonds. The van der Waals surface area contributed by atoms with E-state index >= 15 is 0 Å². The van der Waals surface area contributed by atoms with Gasteiger partial charge < -0.3 is 9.64 Å². The van der Waals surface area contributed by atoms with Gasteiger partial charge in [0, 0.05) is 24.5 Å². The molecule has 0 N–H and O–H groups in total. The van der Waals surface area contributed by atoms with Gasteiger partial charge >= 0.3 is 0 Å². The van der Waals surface area contributed by atoms with Crippen LogP contribution in [-0.4, -0.2) is 7.05 Å². The molecule has 15 heavy (non-hydrogen) atoms. The van der Waals surface area contributed by atoms with Crippen LogP contribution in [0.1, 0.15) is 5.56 Å². The van der Waals surface area contributed by atoms with Gasteiger partial charge in [0.15, 0.2) is 5.75 Å². The molecule has 0 radical (unpaired) electrons. The lowest BCUT2D eigenvalue weighted by molar-refractivity contribution is 0.486. The second-order valence-electron chi connectivity index (χ2n) is 3.69. The number of hydrogen-bond acceptors (Lipinski definition) is 3. The summed E-state index contributed by atoms with van der Waals surface area (Å²) in [6.45, 7) is 0.913. The van der Waals surface area contributed by atoms with E-state index in [1.54, 1.807) is 11.3 Å². The van der Waals surface area contributed by atoms with Gasteiger partial charge in [0.1, 0.15) is 5.75 Å². The van der Waals surface area contributed by atoms with Crippen LogP contribution in [0.15, 0.2) is 35.0 Å². The number of ether oxygens (including phenoxy) is 1. The highest BCUT2D eigenvalue weighted by Crippen LogP contribution is 2.39. The van der Waals surface area contributed by atoms with E-state index in [-0.39, 0.29) is 0 Å². The number of benzene rings is 1. The topological polar surface area (TPSA) is 12.5 Å². The van der Waals surface area contributed by atoms with E-state index in [1.807, 2.05) is 18.2 Å². The van der Waals surface area contributed by atoms with Crippen molar-refractivity contribution in [3.8, 4) is 11.5 Å². The summed E-state index contributed by atoms with van der Waals surface area (Å²) in [7, 11) is 2.09. The first-order chi connectivity index (χ1) is 7.34. The van der Waals surface area contributed by atoms with Gasteiger partial charge in [-0.25, -0.2) is 0 Å². The minimum Gasteiger partial charge on any atom is -0.454 e. The predicted molar refractivity (Wildman–Crippen MR) is 62.9 cm³/mol. The fraction of sp³-hybridized carbons (Fsp3) is 0.167. The summed E-state index contributed by atoms with van der Waals surface area (Å²) in [6, 6.07) is 8.14. The first-order valence-corrected chi connectivity index (χ1v) is 5.82. The van der Waals surface area contributed by atoms with Crippen LogP contribution in [0.5, 0.6) is 11.5 Å². The van der Waals surface area contributed by atoms with Crippen molar-refractivity contribution in [2.75, 3.05) is 11.9 Å². The maximum absolute atomic E-state index is 5.88. The number of para-hydroxylation sites is 2. The first kappa shape index (κ1) is 8.80. The van der Waals surface area contributed by atoms with Gasteiger partial charge in [-0.15, -0.1) is 11.3 Å². The molecular weight excluding hydrogens is 206 g/mol. The summed E-state index contributed by atoms with van der Waals surface area (Å²) in [5, 5.41) is 4.21. The molecule has 0 aliphatic carbocycles. The Labute approximate surface area is 92.7 Å². The molecule has 0 unspecified atom stereocenters. The highest BCUT2D eigenvalue weighted by atomic mass is 32.1. The third-order valence-corrected chi connectivity index (χ3v) is 3.38. The average molecular weight is 217 g/mol. The molecule has 1 aromatic carbocycles. The molecule has 0 atom stereocenters. The molecule has 76 valence electrons. The Morgan fingerprint density at radius 3 is 3.00 bits per heavy atom. The molecule has 1 aliphatic heterocycles.